The number of aryl methyl sites for hydroxylation is 2. The number of methoxy groups -OCH3 is 1. The van der Waals surface area contributed by atoms with E-state index in [1.807, 2.05) is 39.0 Å². The van der Waals surface area contributed by atoms with E-state index in [0.29, 0.717) is 18.6 Å². The molecule has 2 aliphatic carbocycles. The maximum absolute atomic E-state index is 13.2. The van der Waals surface area contributed by atoms with E-state index < -0.39 is 16.9 Å². The van der Waals surface area contributed by atoms with Crippen molar-refractivity contribution in [1.29, 1.82) is 0 Å². The summed E-state index contributed by atoms with van der Waals surface area (Å²) in [5.74, 6) is -0.682. The van der Waals surface area contributed by atoms with Crippen LogP contribution < -0.4 is 5.32 Å². The summed E-state index contributed by atoms with van der Waals surface area (Å²) >= 11 is 0. The van der Waals surface area contributed by atoms with E-state index in [0.717, 1.165) is 23.7 Å². The highest BCUT2D eigenvalue weighted by atomic mass is 16.5. The van der Waals surface area contributed by atoms with E-state index in [4.69, 9.17) is 9.47 Å². The van der Waals surface area contributed by atoms with Gasteiger partial charge in [0, 0.05) is 40.6 Å². The number of H-pyrrole nitrogens is 1. The molecule has 2 unspecified atom stereocenters. The molecule has 2 aliphatic rings. The van der Waals surface area contributed by atoms with E-state index in [-0.39, 0.29) is 12.0 Å². The lowest BCUT2D eigenvalue weighted by Gasteiger charge is -2.58. The quantitative estimate of drug-likeness (QED) is 0.755. The smallest absolute Gasteiger partial charge is 0.332 e. The van der Waals surface area contributed by atoms with Gasteiger partial charge in [0.15, 0.2) is 0 Å². The molecule has 6 heteroatoms. The standard InChI is InChI=1S/C23H30N2O4/c1-5-29-19-13-23(21(27)28-4,22(19,2)3)25-20(26)14-10-11-18-16(12-14)15-8-6-7-9-17(15)24-18/h10-12,19,24H,5-9,13H2,1-4H3,(H,25,26). The highest BCUT2D eigenvalue weighted by molar-refractivity contribution is 6.02. The van der Waals surface area contributed by atoms with Crippen molar-refractivity contribution in [3.8, 4) is 0 Å². The Labute approximate surface area is 171 Å². The van der Waals surface area contributed by atoms with Gasteiger partial charge in [0.1, 0.15) is 5.54 Å². The minimum atomic E-state index is -1.09. The first-order valence-corrected chi connectivity index (χ1v) is 10.5. The minimum absolute atomic E-state index is 0.105. The van der Waals surface area contributed by atoms with Crippen molar-refractivity contribution in [3.63, 3.8) is 0 Å². The van der Waals surface area contributed by atoms with Crippen LogP contribution in [-0.4, -0.2) is 42.2 Å². The zero-order valence-electron chi connectivity index (χ0n) is 17.7. The van der Waals surface area contributed by atoms with Gasteiger partial charge in [-0.05, 0) is 56.4 Å². The summed E-state index contributed by atoms with van der Waals surface area (Å²) in [6, 6.07) is 5.72. The van der Waals surface area contributed by atoms with Crippen molar-refractivity contribution in [1.82, 2.24) is 10.3 Å². The van der Waals surface area contributed by atoms with Gasteiger partial charge in [-0.1, -0.05) is 13.8 Å². The van der Waals surface area contributed by atoms with Gasteiger partial charge < -0.3 is 19.8 Å². The molecular formula is C23H30N2O4. The van der Waals surface area contributed by atoms with Gasteiger partial charge in [-0.3, -0.25) is 4.79 Å². The van der Waals surface area contributed by atoms with Gasteiger partial charge in [0.2, 0.25) is 0 Å². The summed E-state index contributed by atoms with van der Waals surface area (Å²) in [5.41, 5.74) is 2.58. The number of carbonyl (C=O) groups excluding carboxylic acids is 2. The first kappa shape index (κ1) is 20.0. The van der Waals surface area contributed by atoms with Gasteiger partial charge in [0.25, 0.3) is 5.91 Å². The monoisotopic (exact) mass is 398 g/mol. The molecule has 1 fully saturated rings. The summed E-state index contributed by atoms with van der Waals surface area (Å²) in [6.45, 7) is 6.38. The molecular weight excluding hydrogens is 368 g/mol. The molecule has 0 spiro atoms. The lowest BCUT2D eigenvalue weighted by molar-refractivity contribution is -0.193. The predicted octanol–water partition coefficient (Wildman–Crippen LogP) is 3.52. The average Bonchev–Trinajstić information content (AvgIpc) is 3.09. The number of hydrogen-bond donors (Lipinski definition) is 2. The molecule has 6 nitrogen and oxygen atoms in total. The number of hydrogen-bond acceptors (Lipinski definition) is 4. The maximum Gasteiger partial charge on any atom is 0.332 e. The number of amides is 1. The van der Waals surface area contributed by atoms with Crippen molar-refractivity contribution in [2.75, 3.05) is 13.7 Å². The van der Waals surface area contributed by atoms with Crippen molar-refractivity contribution >= 4 is 22.8 Å². The second-order valence-electron chi connectivity index (χ2n) is 8.77. The second-order valence-corrected chi connectivity index (χ2v) is 8.77. The molecule has 0 aliphatic heterocycles. The molecule has 1 aromatic heterocycles. The van der Waals surface area contributed by atoms with Gasteiger partial charge in [-0.25, -0.2) is 4.79 Å². The van der Waals surface area contributed by atoms with Gasteiger partial charge in [-0.15, -0.1) is 0 Å². The molecule has 29 heavy (non-hydrogen) atoms. The van der Waals surface area contributed by atoms with E-state index in [1.165, 1.54) is 31.2 Å². The van der Waals surface area contributed by atoms with Crippen LogP contribution in [0.25, 0.3) is 10.9 Å². The number of nitrogens with one attached hydrogen (secondary N) is 2. The number of carbonyl (C=O) groups is 2. The Morgan fingerprint density at radius 1 is 1.24 bits per heavy atom. The van der Waals surface area contributed by atoms with Crippen LogP contribution in [0, 0.1) is 5.41 Å². The molecule has 0 radical (unpaired) electrons. The Kier molecular flexibility index (Phi) is 4.93. The topological polar surface area (TPSA) is 80.4 Å². The number of aromatic nitrogens is 1. The van der Waals surface area contributed by atoms with Crippen LogP contribution in [0.5, 0.6) is 0 Å². The highest BCUT2D eigenvalue weighted by Crippen LogP contribution is 2.52. The molecule has 4 rings (SSSR count). The molecule has 1 heterocycles. The first-order chi connectivity index (χ1) is 13.8. The number of fused-ring (bicyclic) bond motifs is 3. The summed E-state index contributed by atoms with van der Waals surface area (Å²) in [5, 5.41) is 4.12. The Hall–Kier alpha value is -2.34. The van der Waals surface area contributed by atoms with E-state index in [9.17, 15) is 9.59 Å². The number of rotatable bonds is 5. The third-order valence-corrected chi connectivity index (χ3v) is 6.99. The maximum atomic E-state index is 13.2. The van der Waals surface area contributed by atoms with Crippen LogP contribution in [0.15, 0.2) is 18.2 Å². The lowest BCUT2D eigenvalue weighted by atomic mass is 9.54. The number of ether oxygens (including phenoxy) is 2. The summed E-state index contributed by atoms with van der Waals surface area (Å²) in [7, 11) is 1.36. The molecule has 1 amide bonds. The molecule has 2 aromatic rings. The summed E-state index contributed by atoms with van der Waals surface area (Å²) in [6.07, 6.45) is 4.78. The van der Waals surface area contributed by atoms with Crippen LogP contribution in [0.1, 0.15) is 61.6 Å². The third-order valence-electron chi connectivity index (χ3n) is 6.99. The van der Waals surface area contributed by atoms with Crippen molar-refractivity contribution in [2.24, 2.45) is 5.41 Å². The number of benzene rings is 1. The summed E-state index contributed by atoms with van der Waals surface area (Å²) < 4.78 is 10.9. The van der Waals surface area contributed by atoms with Crippen molar-refractivity contribution < 1.29 is 19.1 Å². The van der Waals surface area contributed by atoms with E-state index >= 15 is 0 Å². The van der Waals surface area contributed by atoms with Gasteiger partial charge in [-0.2, -0.15) is 0 Å². The fourth-order valence-corrected chi connectivity index (χ4v) is 5.01. The second kappa shape index (κ2) is 7.17. The molecule has 2 atom stereocenters. The average molecular weight is 399 g/mol. The fourth-order valence-electron chi connectivity index (χ4n) is 5.01. The highest BCUT2D eigenvalue weighted by Gasteiger charge is 2.66. The van der Waals surface area contributed by atoms with Crippen LogP contribution >= 0.6 is 0 Å². The fraction of sp³-hybridized carbons (Fsp3) is 0.565. The largest absolute Gasteiger partial charge is 0.467 e. The Bertz CT molecular complexity index is 961. The Balaban J connectivity index is 1.64. The lowest BCUT2D eigenvalue weighted by Crippen LogP contribution is -2.76. The minimum Gasteiger partial charge on any atom is -0.467 e. The Morgan fingerprint density at radius 2 is 2.00 bits per heavy atom. The zero-order valence-corrected chi connectivity index (χ0v) is 17.7. The number of esters is 1. The first-order valence-electron chi connectivity index (χ1n) is 10.5. The normalized spacial score (nSPS) is 25.2. The third kappa shape index (κ3) is 2.96. The number of aromatic amines is 1. The van der Waals surface area contributed by atoms with Crippen LogP contribution in [0.4, 0.5) is 0 Å². The van der Waals surface area contributed by atoms with E-state index in [2.05, 4.69) is 10.3 Å². The molecule has 0 bridgehead atoms. The molecule has 2 N–H and O–H groups in total. The predicted molar refractivity (Wildman–Crippen MR) is 111 cm³/mol. The van der Waals surface area contributed by atoms with Crippen LogP contribution in [0.2, 0.25) is 0 Å². The van der Waals surface area contributed by atoms with Crippen molar-refractivity contribution in [2.45, 2.75) is 64.5 Å². The van der Waals surface area contributed by atoms with E-state index in [1.54, 1.807) is 0 Å². The molecule has 1 aromatic carbocycles. The van der Waals surface area contributed by atoms with Crippen molar-refractivity contribution in [3.05, 3.63) is 35.0 Å². The molecule has 0 saturated heterocycles. The van der Waals surface area contributed by atoms with Gasteiger partial charge >= 0.3 is 5.97 Å². The summed E-state index contributed by atoms with van der Waals surface area (Å²) in [4.78, 5) is 29.4. The zero-order chi connectivity index (χ0) is 20.8. The van der Waals surface area contributed by atoms with Crippen LogP contribution in [-0.2, 0) is 27.1 Å². The van der Waals surface area contributed by atoms with Crippen LogP contribution in [0.3, 0.4) is 0 Å². The SMILES string of the molecule is CCOC1CC(NC(=O)c2ccc3[nH]c4c(c3c2)CCCC4)(C(=O)OC)C1(C)C. The Morgan fingerprint density at radius 3 is 2.69 bits per heavy atom. The molecule has 156 valence electrons. The molecule has 1 saturated carbocycles. The van der Waals surface area contributed by atoms with Gasteiger partial charge in [0.05, 0.1) is 13.2 Å².